The Morgan fingerprint density at radius 2 is 1.84 bits per heavy atom. The molecule has 8 heteroatoms. The van der Waals surface area contributed by atoms with Crippen LogP contribution < -0.4 is 0 Å². The van der Waals surface area contributed by atoms with Crippen molar-refractivity contribution in [2.24, 2.45) is 0 Å². The second-order valence-electron chi connectivity index (χ2n) is 5.03. The molecule has 1 aliphatic heterocycles. The van der Waals surface area contributed by atoms with Crippen molar-refractivity contribution in [1.29, 1.82) is 0 Å². The minimum absolute atomic E-state index is 0.197. The van der Waals surface area contributed by atoms with E-state index in [-0.39, 0.29) is 20.8 Å². The Hall–Kier alpha value is -0.210. The third-order valence-electron chi connectivity index (χ3n) is 3.63. The summed E-state index contributed by atoms with van der Waals surface area (Å²) in [5.41, 5.74) is 0.481. The fraction of sp³-hybridized carbons (Fsp3) is 0.727. The second-order valence-corrected chi connectivity index (χ2v) is 8.74. The van der Waals surface area contributed by atoms with Crippen molar-refractivity contribution < 1.29 is 8.42 Å². The molecule has 1 aromatic rings. The number of halogens is 1. The molecule has 0 radical (unpaired) electrons. The summed E-state index contributed by atoms with van der Waals surface area (Å²) in [5.74, 6) is 0. The van der Waals surface area contributed by atoms with Crippen LogP contribution in [-0.2, 0) is 10.0 Å². The van der Waals surface area contributed by atoms with Gasteiger partial charge < -0.3 is 0 Å². The van der Waals surface area contributed by atoms with Crippen molar-refractivity contribution in [3.8, 4) is 0 Å². The lowest BCUT2D eigenvalue weighted by Gasteiger charge is -2.41. The molecule has 1 aliphatic rings. The quantitative estimate of drug-likeness (QED) is 0.833. The Kier molecular flexibility index (Phi) is 4.23. The van der Waals surface area contributed by atoms with Crippen LogP contribution in [0.3, 0.4) is 0 Å². The molecule has 1 saturated heterocycles. The SMILES string of the molecule is Cc1nc(Cl)sc1S(=O)(=O)N1CC(C)N(C)C(C)C1. The normalized spacial score (nSPS) is 26.8. The first-order valence-corrected chi connectivity index (χ1v) is 8.72. The van der Waals surface area contributed by atoms with Crippen LogP contribution in [0.25, 0.3) is 0 Å². The molecule has 0 aromatic carbocycles. The number of likely N-dealkylation sites (N-methyl/N-ethyl adjacent to an activating group) is 1. The van der Waals surface area contributed by atoms with Crippen molar-refractivity contribution in [3.63, 3.8) is 0 Å². The van der Waals surface area contributed by atoms with Crippen LogP contribution in [0.4, 0.5) is 0 Å². The molecular weight excluding hydrogens is 306 g/mol. The highest BCUT2D eigenvalue weighted by Gasteiger charge is 2.36. The number of piperazine rings is 1. The Morgan fingerprint density at radius 1 is 1.32 bits per heavy atom. The van der Waals surface area contributed by atoms with E-state index in [9.17, 15) is 8.42 Å². The number of hydrogen-bond acceptors (Lipinski definition) is 5. The van der Waals surface area contributed by atoms with Crippen LogP contribution in [-0.4, -0.2) is 54.8 Å². The summed E-state index contributed by atoms with van der Waals surface area (Å²) in [5, 5.41) is 0. The lowest BCUT2D eigenvalue weighted by Crippen LogP contribution is -2.56. The van der Waals surface area contributed by atoms with Crippen LogP contribution >= 0.6 is 22.9 Å². The first-order chi connectivity index (χ1) is 8.73. The van der Waals surface area contributed by atoms with Crippen LogP contribution in [0.5, 0.6) is 0 Å². The first-order valence-electron chi connectivity index (χ1n) is 6.08. The van der Waals surface area contributed by atoms with Crippen LogP contribution in [0.15, 0.2) is 4.21 Å². The molecular formula is C11H18ClN3O2S2. The van der Waals surface area contributed by atoms with Crippen LogP contribution in [0.2, 0.25) is 4.47 Å². The number of nitrogens with zero attached hydrogens (tertiary/aromatic N) is 3. The van der Waals surface area contributed by atoms with Crippen LogP contribution in [0.1, 0.15) is 19.5 Å². The molecule has 5 nitrogen and oxygen atoms in total. The van der Waals surface area contributed by atoms with Crippen molar-refractivity contribution in [1.82, 2.24) is 14.2 Å². The van der Waals surface area contributed by atoms with E-state index in [4.69, 9.17) is 11.6 Å². The highest BCUT2D eigenvalue weighted by Crippen LogP contribution is 2.31. The van der Waals surface area contributed by atoms with Gasteiger partial charge in [-0.2, -0.15) is 4.31 Å². The molecule has 1 aromatic heterocycles. The maximum Gasteiger partial charge on any atom is 0.254 e. The minimum atomic E-state index is -3.48. The zero-order valence-electron chi connectivity index (χ0n) is 11.4. The number of aryl methyl sites for hydroxylation is 1. The number of thiazole rings is 1. The largest absolute Gasteiger partial charge is 0.298 e. The molecule has 0 saturated carbocycles. The molecule has 0 aliphatic carbocycles. The summed E-state index contributed by atoms with van der Waals surface area (Å²) in [6.45, 7) is 6.74. The zero-order chi connectivity index (χ0) is 14.4. The van der Waals surface area contributed by atoms with E-state index >= 15 is 0 Å². The topological polar surface area (TPSA) is 53.5 Å². The van der Waals surface area contributed by atoms with Crippen molar-refractivity contribution in [3.05, 3.63) is 10.2 Å². The lowest BCUT2D eigenvalue weighted by atomic mass is 10.1. The van der Waals surface area contributed by atoms with Gasteiger partial charge in [0.25, 0.3) is 10.0 Å². The maximum absolute atomic E-state index is 12.6. The van der Waals surface area contributed by atoms with Gasteiger partial charge in [-0.1, -0.05) is 22.9 Å². The Bertz CT molecular complexity index is 560. The van der Waals surface area contributed by atoms with Crippen molar-refractivity contribution in [2.75, 3.05) is 20.1 Å². The highest BCUT2D eigenvalue weighted by molar-refractivity contribution is 7.91. The zero-order valence-corrected chi connectivity index (χ0v) is 13.8. The molecule has 2 rings (SSSR count). The smallest absolute Gasteiger partial charge is 0.254 e. The predicted octanol–water partition coefficient (Wildman–Crippen LogP) is 1.82. The number of sulfonamides is 1. The molecule has 2 heterocycles. The van der Waals surface area contributed by atoms with E-state index in [1.54, 1.807) is 11.2 Å². The molecule has 0 spiro atoms. The molecule has 2 unspecified atom stereocenters. The van der Waals surface area contributed by atoms with Gasteiger partial charge in [0.15, 0.2) is 8.68 Å². The van der Waals surface area contributed by atoms with E-state index in [0.717, 1.165) is 11.3 Å². The molecule has 108 valence electrons. The molecule has 0 N–H and O–H groups in total. The fourth-order valence-corrected chi connectivity index (χ4v) is 5.74. The third-order valence-corrected chi connectivity index (χ3v) is 7.31. The monoisotopic (exact) mass is 323 g/mol. The second kappa shape index (κ2) is 5.29. The summed E-state index contributed by atoms with van der Waals surface area (Å²) < 4.78 is 27.4. The summed E-state index contributed by atoms with van der Waals surface area (Å²) in [6, 6.07) is 0.393. The number of aromatic nitrogens is 1. The molecule has 19 heavy (non-hydrogen) atoms. The van der Waals surface area contributed by atoms with Gasteiger partial charge in [-0.15, -0.1) is 0 Å². The van der Waals surface area contributed by atoms with E-state index in [0.29, 0.717) is 18.8 Å². The van der Waals surface area contributed by atoms with Crippen molar-refractivity contribution >= 4 is 33.0 Å². The highest BCUT2D eigenvalue weighted by atomic mass is 35.5. The van der Waals surface area contributed by atoms with Gasteiger partial charge in [0.1, 0.15) is 0 Å². The average molecular weight is 324 g/mol. The van der Waals surface area contributed by atoms with Crippen molar-refractivity contribution in [2.45, 2.75) is 37.1 Å². The Morgan fingerprint density at radius 3 is 2.26 bits per heavy atom. The third kappa shape index (κ3) is 2.80. The predicted molar refractivity (Wildman–Crippen MR) is 77.3 cm³/mol. The lowest BCUT2D eigenvalue weighted by molar-refractivity contribution is 0.105. The molecule has 1 fully saturated rings. The Labute approximate surface area is 123 Å². The van der Waals surface area contributed by atoms with E-state index < -0.39 is 10.0 Å². The summed E-state index contributed by atoms with van der Waals surface area (Å²) in [6.07, 6.45) is 0. The van der Waals surface area contributed by atoms with E-state index in [2.05, 4.69) is 9.88 Å². The molecule has 0 amide bonds. The fourth-order valence-electron chi connectivity index (χ4n) is 2.26. The van der Waals surface area contributed by atoms with Gasteiger partial charge in [-0.3, -0.25) is 4.90 Å². The van der Waals surface area contributed by atoms with Gasteiger partial charge >= 0.3 is 0 Å². The standard InChI is InChI=1S/C11H18ClN3O2S2/c1-7-5-15(6-8(2)14(7)4)19(16,17)10-9(3)13-11(12)18-10/h7-8H,5-6H2,1-4H3. The number of hydrogen-bond donors (Lipinski definition) is 0. The Balaban J connectivity index is 2.33. The van der Waals surface area contributed by atoms with Gasteiger partial charge in [-0.05, 0) is 27.8 Å². The minimum Gasteiger partial charge on any atom is -0.298 e. The molecule has 2 atom stereocenters. The van der Waals surface area contributed by atoms with Gasteiger partial charge in [0.05, 0.1) is 5.69 Å². The van der Waals surface area contributed by atoms with E-state index in [1.165, 1.54) is 0 Å². The summed E-state index contributed by atoms with van der Waals surface area (Å²) in [4.78, 5) is 6.19. The van der Waals surface area contributed by atoms with Gasteiger partial charge in [0.2, 0.25) is 0 Å². The van der Waals surface area contributed by atoms with Gasteiger partial charge in [0, 0.05) is 25.2 Å². The van der Waals surface area contributed by atoms with Gasteiger partial charge in [-0.25, -0.2) is 13.4 Å². The van der Waals surface area contributed by atoms with Crippen LogP contribution in [0, 0.1) is 6.92 Å². The maximum atomic E-state index is 12.6. The summed E-state index contributed by atoms with van der Waals surface area (Å²) >= 11 is 6.84. The molecule has 0 bridgehead atoms. The summed E-state index contributed by atoms with van der Waals surface area (Å²) in [7, 11) is -1.46. The van der Waals surface area contributed by atoms with E-state index in [1.807, 2.05) is 20.9 Å². The average Bonchev–Trinajstić information content (AvgIpc) is 2.65. The number of rotatable bonds is 2. The first kappa shape index (κ1) is 15.2.